The molecular weight excluding hydrogens is 300 g/mol. The largest absolute Gasteiger partial charge is 0.591 e. The third-order valence-electron chi connectivity index (χ3n) is 3.61. The maximum atomic E-state index is 12.2. The molecule has 0 radical (unpaired) electrons. The molecule has 120 valence electrons. The van der Waals surface area contributed by atoms with Gasteiger partial charge in [0.1, 0.15) is 16.1 Å². The second kappa shape index (κ2) is 6.71. The molecule has 0 saturated carbocycles. The molecule has 0 aromatic heterocycles. The van der Waals surface area contributed by atoms with Crippen LogP contribution in [0.5, 0.6) is 0 Å². The number of hydrogen-bond donors (Lipinski definition) is 1. The van der Waals surface area contributed by atoms with Gasteiger partial charge in [0.25, 0.3) is 0 Å². The van der Waals surface area contributed by atoms with Crippen molar-refractivity contribution in [3.63, 3.8) is 0 Å². The standard InChI is InChI=1S/C16H22N2O3S/c1-16(2,3)22(21)17-13-9-10-18(15(19)20)14(11-13)12-7-5-4-6-8-12/h4-8,14H,9-11H2,1-3H3,(H,19,20)/b17-13+. The van der Waals surface area contributed by atoms with Gasteiger partial charge in [-0.2, -0.15) is 0 Å². The van der Waals surface area contributed by atoms with Crippen LogP contribution in [-0.2, 0) is 11.4 Å². The van der Waals surface area contributed by atoms with Crippen molar-refractivity contribution < 1.29 is 14.5 Å². The number of rotatable bonds is 2. The van der Waals surface area contributed by atoms with Crippen molar-refractivity contribution in [2.45, 2.75) is 44.4 Å². The minimum absolute atomic E-state index is 0.261. The Morgan fingerprint density at radius 1 is 1.36 bits per heavy atom. The zero-order chi connectivity index (χ0) is 16.3. The molecule has 5 nitrogen and oxygen atoms in total. The van der Waals surface area contributed by atoms with Gasteiger partial charge in [0.15, 0.2) is 0 Å². The molecule has 0 bridgehead atoms. The van der Waals surface area contributed by atoms with Crippen LogP contribution < -0.4 is 0 Å². The van der Waals surface area contributed by atoms with Crippen molar-refractivity contribution in [1.82, 2.24) is 4.90 Å². The zero-order valence-electron chi connectivity index (χ0n) is 13.2. The maximum absolute atomic E-state index is 12.2. The summed E-state index contributed by atoms with van der Waals surface area (Å²) in [5.41, 5.74) is 1.78. The number of nitrogens with zero attached hydrogens (tertiary/aromatic N) is 2. The van der Waals surface area contributed by atoms with Crippen molar-refractivity contribution in [1.29, 1.82) is 0 Å². The first-order valence-electron chi connectivity index (χ1n) is 7.32. The maximum Gasteiger partial charge on any atom is 0.407 e. The Balaban J connectivity index is 2.24. The number of hydrogen-bond acceptors (Lipinski definition) is 3. The lowest BCUT2D eigenvalue weighted by Gasteiger charge is -2.34. The predicted octanol–water partition coefficient (Wildman–Crippen LogP) is 3.40. The van der Waals surface area contributed by atoms with E-state index < -0.39 is 22.2 Å². The van der Waals surface area contributed by atoms with Gasteiger partial charge in [-0.05, 0) is 26.3 Å². The van der Waals surface area contributed by atoms with E-state index in [1.807, 2.05) is 51.1 Å². The van der Waals surface area contributed by atoms with Crippen molar-refractivity contribution >= 4 is 23.2 Å². The molecule has 1 heterocycles. The summed E-state index contributed by atoms with van der Waals surface area (Å²) < 4.78 is 16.1. The van der Waals surface area contributed by atoms with Crippen LogP contribution in [0.3, 0.4) is 0 Å². The quantitative estimate of drug-likeness (QED) is 0.848. The van der Waals surface area contributed by atoms with E-state index in [0.29, 0.717) is 19.4 Å². The average molecular weight is 322 g/mol. The molecule has 0 spiro atoms. The molecule has 1 N–H and O–H groups in total. The summed E-state index contributed by atoms with van der Waals surface area (Å²) in [5.74, 6) is 0. The van der Waals surface area contributed by atoms with Crippen LogP contribution in [0.2, 0.25) is 0 Å². The Morgan fingerprint density at radius 2 is 2.00 bits per heavy atom. The number of benzene rings is 1. The van der Waals surface area contributed by atoms with Gasteiger partial charge in [-0.15, -0.1) is 0 Å². The minimum Gasteiger partial charge on any atom is -0.591 e. The number of carbonyl (C=O) groups is 1. The Hall–Kier alpha value is -1.53. The van der Waals surface area contributed by atoms with Gasteiger partial charge in [-0.3, -0.25) is 0 Å². The SMILES string of the molecule is CC(C)(C)[S+]([O-])/N=C1\CCN(C(=O)O)C(c2ccccc2)C1. The first kappa shape index (κ1) is 16.8. The molecule has 2 atom stereocenters. The molecular formula is C16H22N2O3S. The van der Waals surface area contributed by atoms with Gasteiger partial charge in [0, 0.05) is 19.4 Å². The van der Waals surface area contributed by atoms with Crippen molar-refractivity contribution in [3.05, 3.63) is 35.9 Å². The summed E-state index contributed by atoms with van der Waals surface area (Å²) >= 11 is -1.31. The third kappa shape index (κ3) is 4.01. The van der Waals surface area contributed by atoms with Crippen LogP contribution in [0.15, 0.2) is 34.7 Å². The summed E-state index contributed by atoms with van der Waals surface area (Å²) in [5, 5.41) is 9.39. The summed E-state index contributed by atoms with van der Waals surface area (Å²) in [6, 6.07) is 9.28. The third-order valence-corrected chi connectivity index (χ3v) is 5.08. The topological polar surface area (TPSA) is 76.0 Å². The van der Waals surface area contributed by atoms with E-state index in [0.717, 1.165) is 11.3 Å². The molecule has 0 aliphatic carbocycles. The Labute approximate surface area is 134 Å². The van der Waals surface area contributed by atoms with Gasteiger partial charge in [-0.25, -0.2) is 4.79 Å². The normalized spacial score (nSPS) is 22.6. The van der Waals surface area contributed by atoms with E-state index in [1.165, 1.54) is 4.90 Å². The lowest BCUT2D eigenvalue weighted by molar-refractivity contribution is 0.122. The van der Waals surface area contributed by atoms with Crippen LogP contribution >= 0.6 is 0 Å². The van der Waals surface area contributed by atoms with Gasteiger partial charge in [-0.1, -0.05) is 34.7 Å². The lowest BCUT2D eigenvalue weighted by atomic mass is 9.94. The van der Waals surface area contributed by atoms with E-state index in [2.05, 4.69) is 4.40 Å². The fourth-order valence-corrected chi connectivity index (χ4v) is 3.05. The van der Waals surface area contributed by atoms with Crippen molar-refractivity contribution in [2.24, 2.45) is 4.40 Å². The van der Waals surface area contributed by atoms with Crippen LogP contribution in [0.4, 0.5) is 4.79 Å². The minimum atomic E-state index is -1.31. The van der Waals surface area contributed by atoms with Gasteiger partial charge in [0.05, 0.1) is 11.8 Å². The first-order valence-corrected chi connectivity index (χ1v) is 8.42. The Bertz CT molecular complexity index is 554. The molecule has 1 amide bonds. The zero-order valence-corrected chi connectivity index (χ0v) is 14.0. The lowest BCUT2D eigenvalue weighted by Crippen LogP contribution is -2.41. The molecule has 1 aliphatic heterocycles. The first-order chi connectivity index (χ1) is 10.3. The highest BCUT2D eigenvalue weighted by Crippen LogP contribution is 2.31. The fraction of sp³-hybridized carbons (Fsp3) is 0.500. The van der Waals surface area contributed by atoms with E-state index in [-0.39, 0.29) is 6.04 Å². The summed E-state index contributed by atoms with van der Waals surface area (Å²) in [7, 11) is 0. The predicted molar refractivity (Wildman–Crippen MR) is 88.5 cm³/mol. The molecule has 6 heteroatoms. The van der Waals surface area contributed by atoms with Crippen LogP contribution in [-0.4, -0.2) is 37.7 Å². The fourth-order valence-electron chi connectivity index (χ4n) is 2.38. The van der Waals surface area contributed by atoms with Crippen LogP contribution in [0.1, 0.15) is 45.2 Å². The summed E-state index contributed by atoms with van der Waals surface area (Å²) in [6.45, 7) is 6.03. The van der Waals surface area contributed by atoms with Gasteiger partial charge < -0.3 is 14.6 Å². The molecule has 1 aromatic rings. The molecule has 22 heavy (non-hydrogen) atoms. The second-order valence-electron chi connectivity index (χ2n) is 6.38. The van der Waals surface area contributed by atoms with Crippen LogP contribution in [0, 0.1) is 0 Å². The van der Waals surface area contributed by atoms with Crippen molar-refractivity contribution in [3.8, 4) is 0 Å². The molecule has 1 aromatic carbocycles. The summed E-state index contributed by atoms with van der Waals surface area (Å²) in [6.07, 6.45) is 0.111. The number of piperidine rings is 1. The smallest absolute Gasteiger partial charge is 0.407 e. The molecule has 2 rings (SSSR count). The van der Waals surface area contributed by atoms with Crippen molar-refractivity contribution in [2.75, 3.05) is 6.54 Å². The molecule has 1 aliphatic rings. The van der Waals surface area contributed by atoms with Gasteiger partial charge >= 0.3 is 6.09 Å². The van der Waals surface area contributed by atoms with Crippen LogP contribution in [0.25, 0.3) is 0 Å². The van der Waals surface area contributed by atoms with E-state index in [4.69, 9.17) is 0 Å². The van der Waals surface area contributed by atoms with Gasteiger partial charge in [0.2, 0.25) is 0 Å². The highest BCUT2D eigenvalue weighted by atomic mass is 32.2. The molecule has 1 saturated heterocycles. The number of amides is 1. The molecule has 1 fully saturated rings. The monoisotopic (exact) mass is 322 g/mol. The average Bonchev–Trinajstić information content (AvgIpc) is 2.47. The number of likely N-dealkylation sites (tertiary alicyclic amines) is 1. The number of carboxylic acid groups (broad SMARTS) is 1. The van der Waals surface area contributed by atoms with E-state index >= 15 is 0 Å². The Kier molecular flexibility index (Phi) is 5.13. The summed E-state index contributed by atoms with van der Waals surface area (Å²) in [4.78, 5) is 12.9. The highest BCUT2D eigenvalue weighted by Gasteiger charge is 2.33. The Morgan fingerprint density at radius 3 is 2.55 bits per heavy atom. The highest BCUT2D eigenvalue weighted by molar-refractivity contribution is 7.91. The molecule has 2 unspecified atom stereocenters. The second-order valence-corrected chi connectivity index (χ2v) is 8.28. The van der Waals surface area contributed by atoms with E-state index in [9.17, 15) is 14.5 Å². The van der Waals surface area contributed by atoms with E-state index in [1.54, 1.807) is 0 Å².